The van der Waals surface area contributed by atoms with Gasteiger partial charge in [0.1, 0.15) is 9.96 Å². The molecule has 1 atom stereocenters. The molecule has 1 N–H and O–H groups in total. The van der Waals surface area contributed by atoms with Gasteiger partial charge in [0.15, 0.2) is 6.10 Å². The number of fused-ring (bicyclic) bond motifs is 1. The fraction of sp³-hybridized carbons (Fsp3) is 0.389. The summed E-state index contributed by atoms with van der Waals surface area (Å²) in [6.45, 7) is 4.72. The normalized spacial score (nSPS) is 16.2. The van der Waals surface area contributed by atoms with Crippen molar-refractivity contribution < 1.29 is 17.9 Å². The van der Waals surface area contributed by atoms with E-state index in [4.69, 9.17) is 16.3 Å². The lowest BCUT2D eigenvalue weighted by atomic mass is 10.1. The Bertz CT molecular complexity index is 939. The van der Waals surface area contributed by atoms with Crippen molar-refractivity contribution in [1.29, 1.82) is 0 Å². The Labute approximate surface area is 168 Å². The van der Waals surface area contributed by atoms with E-state index in [1.165, 1.54) is 15.6 Å². The maximum absolute atomic E-state index is 12.5. The van der Waals surface area contributed by atoms with Crippen LogP contribution in [-0.4, -0.2) is 37.8 Å². The third kappa shape index (κ3) is 4.29. The number of ether oxygens (including phenoxy) is 1. The number of rotatable bonds is 7. The summed E-state index contributed by atoms with van der Waals surface area (Å²) in [6.07, 6.45) is -0.134. The first kappa shape index (κ1) is 20.1. The minimum absolute atomic E-state index is 0.233. The zero-order chi connectivity index (χ0) is 19.6. The number of carbonyl (C=O) groups excluding carboxylic acids is 1. The molecule has 146 valence electrons. The molecule has 0 bridgehead atoms. The zero-order valence-corrected chi connectivity index (χ0v) is 17.5. The molecule has 0 saturated heterocycles. The van der Waals surface area contributed by atoms with Gasteiger partial charge in [0, 0.05) is 29.4 Å². The van der Waals surface area contributed by atoms with Crippen LogP contribution < -0.4 is 10.1 Å². The first-order chi connectivity index (χ1) is 12.8. The van der Waals surface area contributed by atoms with Crippen LogP contribution in [0, 0.1) is 0 Å². The average molecular weight is 429 g/mol. The molecular weight excluding hydrogens is 408 g/mol. The van der Waals surface area contributed by atoms with Crippen LogP contribution >= 0.6 is 22.9 Å². The standard InChI is InChI=1S/C18H21ClN2O4S2/c1-3-21(4-2)27(23,24)17-8-6-14(26-17)11-20-18(22)16-10-12-9-13(19)5-7-15(12)25-16/h5-9,16H,3-4,10-11H2,1-2H3,(H,20,22)/t16-/m1/s1. The van der Waals surface area contributed by atoms with Gasteiger partial charge in [0.25, 0.3) is 15.9 Å². The molecule has 1 aromatic heterocycles. The van der Waals surface area contributed by atoms with E-state index in [9.17, 15) is 13.2 Å². The van der Waals surface area contributed by atoms with Crippen molar-refractivity contribution in [2.75, 3.05) is 13.1 Å². The van der Waals surface area contributed by atoms with Crippen molar-refractivity contribution in [1.82, 2.24) is 9.62 Å². The molecule has 0 fully saturated rings. The lowest BCUT2D eigenvalue weighted by molar-refractivity contribution is -0.127. The van der Waals surface area contributed by atoms with E-state index in [0.29, 0.717) is 30.3 Å². The quantitative estimate of drug-likeness (QED) is 0.735. The molecule has 0 aliphatic carbocycles. The molecule has 0 saturated carbocycles. The first-order valence-electron chi connectivity index (χ1n) is 8.66. The number of nitrogens with one attached hydrogen (secondary N) is 1. The Balaban J connectivity index is 1.60. The molecule has 1 aliphatic heterocycles. The maximum atomic E-state index is 12.5. The van der Waals surface area contributed by atoms with Crippen LogP contribution in [0.1, 0.15) is 24.3 Å². The Morgan fingerprint density at radius 1 is 1.30 bits per heavy atom. The highest BCUT2D eigenvalue weighted by Crippen LogP contribution is 2.31. The summed E-state index contributed by atoms with van der Waals surface area (Å²) in [6, 6.07) is 8.60. The molecule has 1 aliphatic rings. The minimum Gasteiger partial charge on any atom is -0.480 e. The van der Waals surface area contributed by atoms with Crippen LogP contribution in [0.25, 0.3) is 0 Å². The molecule has 0 spiro atoms. The summed E-state index contributed by atoms with van der Waals surface area (Å²) in [4.78, 5) is 13.2. The second-order valence-corrected chi connectivity index (χ2v) is 9.86. The van der Waals surface area contributed by atoms with Crippen LogP contribution in [0.4, 0.5) is 0 Å². The zero-order valence-electron chi connectivity index (χ0n) is 15.1. The van der Waals surface area contributed by atoms with Gasteiger partial charge in [-0.15, -0.1) is 11.3 Å². The fourth-order valence-electron chi connectivity index (χ4n) is 2.93. The summed E-state index contributed by atoms with van der Waals surface area (Å²) in [7, 11) is -3.47. The number of carbonyl (C=O) groups is 1. The fourth-order valence-corrected chi connectivity index (χ4v) is 6.04. The predicted octanol–water partition coefficient (Wildman–Crippen LogP) is 3.05. The first-order valence-corrected chi connectivity index (χ1v) is 11.3. The Morgan fingerprint density at radius 3 is 2.74 bits per heavy atom. The smallest absolute Gasteiger partial charge is 0.261 e. The summed E-state index contributed by atoms with van der Waals surface area (Å²) in [5.74, 6) is 0.437. The van der Waals surface area contributed by atoms with Crippen LogP contribution in [0.2, 0.25) is 5.02 Å². The predicted molar refractivity (Wildman–Crippen MR) is 106 cm³/mol. The molecule has 1 amide bonds. The number of halogens is 1. The Morgan fingerprint density at radius 2 is 2.04 bits per heavy atom. The molecule has 1 aromatic carbocycles. The number of benzene rings is 1. The topological polar surface area (TPSA) is 75.7 Å². The van der Waals surface area contributed by atoms with Crippen molar-refractivity contribution in [3.05, 3.63) is 45.8 Å². The molecule has 3 rings (SSSR count). The molecular formula is C18H21ClN2O4S2. The maximum Gasteiger partial charge on any atom is 0.261 e. The largest absolute Gasteiger partial charge is 0.480 e. The van der Waals surface area contributed by atoms with Crippen molar-refractivity contribution >= 4 is 38.9 Å². The van der Waals surface area contributed by atoms with Crippen LogP contribution in [0.15, 0.2) is 34.5 Å². The number of hydrogen-bond donors (Lipinski definition) is 1. The second-order valence-electron chi connectivity index (χ2n) is 6.09. The van der Waals surface area contributed by atoms with Crippen molar-refractivity contribution in [3.8, 4) is 5.75 Å². The van der Waals surface area contributed by atoms with E-state index in [-0.39, 0.29) is 16.7 Å². The van der Waals surface area contributed by atoms with E-state index in [1.54, 1.807) is 30.3 Å². The highest BCUT2D eigenvalue weighted by atomic mass is 35.5. The number of sulfonamides is 1. The molecule has 9 heteroatoms. The van der Waals surface area contributed by atoms with Crippen molar-refractivity contribution in [3.63, 3.8) is 0 Å². The van der Waals surface area contributed by atoms with Crippen molar-refractivity contribution in [2.24, 2.45) is 0 Å². The Kier molecular flexibility index (Phi) is 6.10. The van der Waals surface area contributed by atoms with Gasteiger partial charge < -0.3 is 10.1 Å². The van der Waals surface area contributed by atoms with Gasteiger partial charge >= 0.3 is 0 Å². The van der Waals surface area contributed by atoms with E-state index >= 15 is 0 Å². The van der Waals surface area contributed by atoms with E-state index < -0.39 is 16.1 Å². The SMILES string of the molecule is CCN(CC)S(=O)(=O)c1ccc(CNC(=O)[C@H]2Cc3cc(Cl)ccc3O2)s1. The number of thiophene rings is 1. The van der Waals surface area contributed by atoms with Crippen LogP contribution in [0.5, 0.6) is 5.75 Å². The number of amides is 1. The van der Waals surface area contributed by atoms with Crippen LogP contribution in [-0.2, 0) is 27.8 Å². The van der Waals surface area contributed by atoms with E-state index in [1.807, 2.05) is 13.8 Å². The van der Waals surface area contributed by atoms with Gasteiger partial charge in [0.05, 0.1) is 6.54 Å². The third-order valence-corrected chi connectivity index (χ3v) is 8.20. The monoisotopic (exact) mass is 428 g/mol. The summed E-state index contributed by atoms with van der Waals surface area (Å²) >= 11 is 7.14. The van der Waals surface area contributed by atoms with Gasteiger partial charge in [-0.05, 0) is 35.9 Å². The third-order valence-electron chi connectivity index (χ3n) is 4.36. The summed E-state index contributed by atoms with van der Waals surface area (Å²) in [5, 5.41) is 3.43. The van der Waals surface area contributed by atoms with Gasteiger partial charge in [0.2, 0.25) is 0 Å². The molecule has 0 radical (unpaired) electrons. The van der Waals surface area contributed by atoms with Gasteiger partial charge in [-0.3, -0.25) is 4.79 Å². The van der Waals surface area contributed by atoms with Crippen molar-refractivity contribution in [2.45, 2.75) is 37.1 Å². The Hall–Kier alpha value is -1.61. The van der Waals surface area contributed by atoms with E-state index in [0.717, 1.165) is 10.4 Å². The second kappa shape index (κ2) is 8.18. The highest BCUT2D eigenvalue weighted by Gasteiger charge is 2.29. The molecule has 2 aromatic rings. The lowest BCUT2D eigenvalue weighted by Crippen LogP contribution is -2.36. The lowest BCUT2D eigenvalue weighted by Gasteiger charge is -2.16. The summed E-state index contributed by atoms with van der Waals surface area (Å²) < 4.78 is 32.4. The average Bonchev–Trinajstić information content (AvgIpc) is 3.27. The minimum atomic E-state index is -3.47. The molecule has 27 heavy (non-hydrogen) atoms. The van der Waals surface area contributed by atoms with E-state index in [2.05, 4.69) is 5.32 Å². The van der Waals surface area contributed by atoms with Gasteiger partial charge in [-0.2, -0.15) is 4.31 Å². The summed E-state index contributed by atoms with van der Waals surface area (Å²) in [5.41, 5.74) is 0.909. The molecule has 2 heterocycles. The van der Waals surface area contributed by atoms with Gasteiger partial charge in [-0.1, -0.05) is 25.4 Å². The number of hydrogen-bond acceptors (Lipinski definition) is 5. The number of nitrogens with zero attached hydrogens (tertiary/aromatic N) is 1. The molecule has 0 unspecified atom stereocenters. The van der Waals surface area contributed by atoms with Crippen LogP contribution in [0.3, 0.4) is 0 Å². The molecule has 6 nitrogen and oxygen atoms in total. The van der Waals surface area contributed by atoms with Gasteiger partial charge in [-0.25, -0.2) is 8.42 Å². The highest BCUT2D eigenvalue weighted by molar-refractivity contribution is 7.91.